The van der Waals surface area contributed by atoms with E-state index < -0.39 is 0 Å². The van der Waals surface area contributed by atoms with Crippen molar-refractivity contribution in [3.05, 3.63) is 24.2 Å². The Morgan fingerprint density at radius 1 is 1.47 bits per heavy atom. The average molecular weight is 258 g/mol. The van der Waals surface area contributed by atoms with E-state index in [1.54, 1.807) is 0 Å². The van der Waals surface area contributed by atoms with E-state index in [9.17, 15) is 0 Å². The van der Waals surface area contributed by atoms with Crippen LogP contribution in [-0.4, -0.2) is 27.6 Å². The summed E-state index contributed by atoms with van der Waals surface area (Å²) in [7, 11) is 0. The summed E-state index contributed by atoms with van der Waals surface area (Å²) in [5.74, 6) is 2.01. The number of nitrogens with zero attached hydrogens (tertiary/aromatic N) is 3. The number of aryl methyl sites for hydroxylation is 2. The maximum absolute atomic E-state index is 4.75. The number of fused-ring (bicyclic) bond motifs is 1. The highest BCUT2D eigenvalue weighted by atomic mass is 15.1. The molecule has 1 aliphatic rings. The SMILES string of the molecule is CCn1c(CCC2CCCNC2)nc2cccnc21. The largest absolute Gasteiger partial charge is 0.316 e. The number of imidazole rings is 1. The third-order valence-electron chi connectivity index (χ3n) is 4.07. The van der Waals surface area contributed by atoms with E-state index in [1.807, 2.05) is 12.3 Å². The number of rotatable bonds is 4. The first-order valence-electron chi connectivity index (χ1n) is 7.39. The van der Waals surface area contributed by atoms with Gasteiger partial charge in [-0.3, -0.25) is 0 Å². The molecule has 2 aromatic rings. The molecule has 3 heterocycles. The predicted octanol–water partition coefficient (Wildman–Crippen LogP) is 2.38. The Morgan fingerprint density at radius 3 is 3.21 bits per heavy atom. The van der Waals surface area contributed by atoms with Gasteiger partial charge >= 0.3 is 0 Å². The van der Waals surface area contributed by atoms with Gasteiger partial charge in [0.1, 0.15) is 11.3 Å². The molecule has 1 aliphatic heterocycles. The second kappa shape index (κ2) is 5.70. The van der Waals surface area contributed by atoms with Crippen molar-refractivity contribution < 1.29 is 0 Å². The van der Waals surface area contributed by atoms with Crippen LogP contribution in [0, 0.1) is 5.92 Å². The van der Waals surface area contributed by atoms with E-state index in [0.29, 0.717) is 0 Å². The standard InChI is InChI=1S/C15H22N4/c1-2-19-14(8-7-12-5-3-9-16-11-12)18-13-6-4-10-17-15(13)19/h4,6,10,12,16H,2-3,5,7-9,11H2,1H3. The van der Waals surface area contributed by atoms with Crippen molar-refractivity contribution in [2.45, 2.75) is 39.2 Å². The van der Waals surface area contributed by atoms with Gasteiger partial charge in [-0.25, -0.2) is 9.97 Å². The second-order valence-corrected chi connectivity index (χ2v) is 5.37. The number of hydrogen-bond acceptors (Lipinski definition) is 3. The minimum Gasteiger partial charge on any atom is -0.316 e. The first kappa shape index (κ1) is 12.6. The topological polar surface area (TPSA) is 42.7 Å². The van der Waals surface area contributed by atoms with Crippen LogP contribution >= 0.6 is 0 Å². The van der Waals surface area contributed by atoms with Crippen LogP contribution < -0.4 is 5.32 Å². The van der Waals surface area contributed by atoms with Gasteiger partial charge in [-0.2, -0.15) is 0 Å². The summed E-state index contributed by atoms with van der Waals surface area (Å²) in [6.07, 6.45) is 6.83. The summed E-state index contributed by atoms with van der Waals surface area (Å²) in [5.41, 5.74) is 2.06. The second-order valence-electron chi connectivity index (χ2n) is 5.37. The van der Waals surface area contributed by atoms with Crippen molar-refractivity contribution >= 4 is 11.2 Å². The summed E-state index contributed by atoms with van der Waals surface area (Å²) in [6, 6.07) is 4.02. The van der Waals surface area contributed by atoms with E-state index in [0.717, 1.165) is 30.0 Å². The van der Waals surface area contributed by atoms with Crippen molar-refractivity contribution in [3.8, 4) is 0 Å². The van der Waals surface area contributed by atoms with Crippen LogP contribution in [0.5, 0.6) is 0 Å². The molecule has 0 amide bonds. The molecule has 0 radical (unpaired) electrons. The van der Waals surface area contributed by atoms with Crippen LogP contribution in [0.25, 0.3) is 11.2 Å². The molecule has 1 N–H and O–H groups in total. The third-order valence-corrected chi connectivity index (χ3v) is 4.07. The predicted molar refractivity (Wildman–Crippen MR) is 77.1 cm³/mol. The molecule has 4 heteroatoms. The molecule has 3 rings (SSSR count). The van der Waals surface area contributed by atoms with Gasteiger partial charge in [-0.15, -0.1) is 0 Å². The average Bonchev–Trinajstić information content (AvgIpc) is 2.83. The highest BCUT2D eigenvalue weighted by Gasteiger charge is 2.15. The fourth-order valence-corrected chi connectivity index (χ4v) is 3.03. The van der Waals surface area contributed by atoms with Gasteiger partial charge in [0, 0.05) is 19.2 Å². The molecule has 0 aliphatic carbocycles. The first-order chi connectivity index (χ1) is 9.38. The van der Waals surface area contributed by atoms with E-state index in [4.69, 9.17) is 4.98 Å². The number of pyridine rings is 1. The summed E-state index contributed by atoms with van der Waals surface area (Å²) >= 11 is 0. The smallest absolute Gasteiger partial charge is 0.159 e. The van der Waals surface area contributed by atoms with Gasteiger partial charge in [0.05, 0.1) is 0 Å². The normalized spacial score (nSPS) is 19.9. The molecule has 1 unspecified atom stereocenters. The lowest BCUT2D eigenvalue weighted by molar-refractivity contribution is 0.355. The van der Waals surface area contributed by atoms with E-state index in [2.05, 4.69) is 27.9 Å². The molecule has 1 saturated heterocycles. The third kappa shape index (κ3) is 2.63. The molecule has 4 nitrogen and oxygen atoms in total. The van der Waals surface area contributed by atoms with Gasteiger partial charge in [0.2, 0.25) is 0 Å². The van der Waals surface area contributed by atoms with E-state index >= 15 is 0 Å². The minimum absolute atomic E-state index is 0.812. The van der Waals surface area contributed by atoms with Crippen molar-refractivity contribution in [2.24, 2.45) is 5.92 Å². The molecule has 0 bridgehead atoms. The minimum atomic E-state index is 0.812. The Labute approximate surface area is 114 Å². The molecule has 1 fully saturated rings. The highest BCUT2D eigenvalue weighted by molar-refractivity contribution is 5.71. The Hall–Kier alpha value is -1.42. The lowest BCUT2D eigenvalue weighted by Crippen LogP contribution is -2.30. The maximum Gasteiger partial charge on any atom is 0.159 e. The van der Waals surface area contributed by atoms with Crippen LogP contribution in [0.15, 0.2) is 18.3 Å². The lowest BCUT2D eigenvalue weighted by atomic mass is 9.94. The fourth-order valence-electron chi connectivity index (χ4n) is 3.03. The molecule has 1 atom stereocenters. The quantitative estimate of drug-likeness (QED) is 0.915. The lowest BCUT2D eigenvalue weighted by Gasteiger charge is -2.22. The molecular formula is C15H22N4. The van der Waals surface area contributed by atoms with Gasteiger partial charge in [-0.1, -0.05) is 0 Å². The molecule has 2 aromatic heterocycles. The Kier molecular flexibility index (Phi) is 3.78. The number of hydrogen-bond donors (Lipinski definition) is 1. The Morgan fingerprint density at radius 2 is 2.42 bits per heavy atom. The zero-order chi connectivity index (χ0) is 13.1. The van der Waals surface area contributed by atoms with Crippen molar-refractivity contribution in [1.29, 1.82) is 0 Å². The summed E-state index contributed by atoms with van der Waals surface area (Å²) in [4.78, 5) is 9.20. The maximum atomic E-state index is 4.75. The van der Waals surface area contributed by atoms with Gasteiger partial charge in [-0.05, 0) is 57.3 Å². The van der Waals surface area contributed by atoms with Crippen molar-refractivity contribution in [3.63, 3.8) is 0 Å². The zero-order valence-corrected chi connectivity index (χ0v) is 11.6. The Bertz CT molecular complexity index is 540. The number of aromatic nitrogens is 3. The molecular weight excluding hydrogens is 236 g/mol. The van der Waals surface area contributed by atoms with Crippen molar-refractivity contribution in [2.75, 3.05) is 13.1 Å². The molecule has 102 valence electrons. The van der Waals surface area contributed by atoms with Crippen LogP contribution in [0.2, 0.25) is 0 Å². The summed E-state index contributed by atoms with van der Waals surface area (Å²) in [5, 5.41) is 3.49. The zero-order valence-electron chi connectivity index (χ0n) is 11.6. The first-order valence-corrected chi connectivity index (χ1v) is 7.39. The number of piperidine rings is 1. The van der Waals surface area contributed by atoms with Gasteiger partial charge in [0.25, 0.3) is 0 Å². The fraction of sp³-hybridized carbons (Fsp3) is 0.600. The van der Waals surface area contributed by atoms with Crippen LogP contribution in [0.3, 0.4) is 0 Å². The van der Waals surface area contributed by atoms with E-state index in [-0.39, 0.29) is 0 Å². The van der Waals surface area contributed by atoms with Crippen molar-refractivity contribution in [1.82, 2.24) is 19.9 Å². The monoisotopic (exact) mass is 258 g/mol. The molecule has 0 saturated carbocycles. The molecule has 19 heavy (non-hydrogen) atoms. The van der Waals surface area contributed by atoms with Crippen LogP contribution in [0.4, 0.5) is 0 Å². The van der Waals surface area contributed by atoms with Gasteiger partial charge < -0.3 is 9.88 Å². The van der Waals surface area contributed by atoms with E-state index in [1.165, 1.54) is 38.2 Å². The summed E-state index contributed by atoms with van der Waals surface area (Å²) < 4.78 is 2.26. The summed E-state index contributed by atoms with van der Waals surface area (Å²) in [6.45, 7) is 5.48. The number of nitrogens with one attached hydrogen (secondary N) is 1. The molecule has 0 aromatic carbocycles. The highest BCUT2D eigenvalue weighted by Crippen LogP contribution is 2.19. The van der Waals surface area contributed by atoms with Crippen LogP contribution in [-0.2, 0) is 13.0 Å². The van der Waals surface area contributed by atoms with Gasteiger partial charge in [0.15, 0.2) is 5.65 Å². The van der Waals surface area contributed by atoms with Crippen LogP contribution in [0.1, 0.15) is 32.0 Å². The Balaban J connectivity index is 1.76. The molecule has 0 spiro atoms.